The third-order valence-electron chi connectivity index (χ3n) is 11.1. The Morgan fingerprint density at radius 2 is 2.08 bits per heavy atom. The van der Waals surface area contributed by atoms with Gasteiger partial charge in [0.1, 0.15) is 30.3 Å². The van der Waals surface area contributed by atoms with Gasteiger partial charge < -0.3 is 25.0 Å². The van der Waals surface area contributed by atoms with Crippen molar-refractivity contribution in [3.05, 3.63) is 57.5 Å². The number of hydrogen-bond acceptors (Lipinski definition) is 10. The largest absolute Gasteiger partial charge is 0.461 e. The summed E-state index contributed by atoms with van der Waals surface area (Å²) in [5.74, 6) is 0.600. The molecule has 0 saturated carbocycles. The first-order chi connectivity index (χ1) is 23.2. The summed E-state index contributed by atoms with van der Waals surface area (Å²) in [5.41, 5.74) is 11.2. The standard InChI is InChI=1S/C35H42FN9O3/c1-42(2)32(46)28-14-24-19-43(11-5-13-45(24)41-28)31-26-20-48-35(10-3-6-22-7-8-27(38)25(17-37)30(22)35)16-29(26)39-33(40-31)47-21-34-9-4-12-44(34)18-23(36)15-34/h7-8,14,23H,3-6,9-13,15-16,18-21,38H2,1-2H3/t23-,34+,35?/m1/s1. The third-order valence-corrected chi connectivity index (χ3v) is 11.1. The normalized spacial score (nSPS) is 26.3. The highest BCUT2D eigenvalue weighted by molar-refractivity contribution is 5.92. The second-order valence-electron chi connectivity index (χ2n) is 14.3. The number of alkyl halides is 1. The van der Waals surface area contributed by atoms with E-state index < -0.39 is 11.8 Å². The summed E-state index contributed by atoms with van der Waals surface area (Å²) in [7, 11) is 3.45. The van der Waals surface area contributed by atoms with Crippen molar-refractivity contribution < 1.29 is 18.7 Å². The number of nitrogens with zero attached hydrogens (tertiary/aromatic N) is 8. The minimum atomic E-state index is -0.856. The fourth-order valence-corrected chi connectivity index (χ4v) is 8.79. The molecule has 3 atom stereocenters. The Kier molecular flexibility index (Phi) is 7.56. The fraction of sp³-hybridized carbons (Fsp3) is 0.571. The van der Waals surface area contributed by atoms with Crippen LogP contribution in [0, 0.1) is 11.3 Å². The lowest BCUT2D eigenvalue weighted by Gasteiger charge is -2.43. The van der Waals surface area contributed by atoms with Crippen LogP contribution in [0.3, 0.4) is 0 Å². The Morgan fingerprint density at radius 3 is 2.92 bits per heavy atom. The molecule has 5 aliphatic rings. The zero-order valence-corrected chi connectivity index (χ0v) is 27.7. The van der Waals surface area contributed by atoms with Crippen molar-refractivity contribution >= 4 is 17.4 Å². The molecule has 1 aromatic carbocycles. The van der Waals surface area contributed by atoms with Crippen molar-refractivity contribution in [3.8, 4) is 12.1 Å². The molecule has 1 aliphatic carbocycles. The van der Waals surface area contributed by atoms with Gasteiger partial charge in [0.05, 0.1) is 35.6 Å². The van der Waals surface area contributed by atoms with Gasteiger partial charge in [-0.2, -0.15) is 20.3 Å². The number of carbonyl (C=O) groups is 1. The molecule has 1 spiro atoms. The van der Waals surface area contributed by atoms with Crippen LogP contribution in [0.4, 0.5) is 15.9 Å². The molecule has 0 bridgehead atoms. The maximum absolute atomic E-state index is 14.6. The molecule has 6 heterocycles. The van der Waals surface area contributed by atoms with Gasteiger partial charge in [0.15, 0.2) is 5.69 Å². The molecule has 13 heteroatoms. The van der Waals surface area contributed by atoms with Crippen molar-refractivity contribution in [2.45, 2.75) is 88.4 Å². The minimum Gasteiger partial charge on any atom is -0.461 e. The van der Waals surface area contributed by atoms with Crippen molar-refractivity contribution in [3.63, 3.8) is 0 Å². The molecule has 1 amide bonds. The molecule has 2 N–H and O–H groups in total. The van der Waals surface area contributed by atoms with Crippen LogP contribution in [0.2, 0.25) is 0 Å². The zero-order valence-electron chi connectivity index (χ0n) is 27.7. The van der Waals surface area contributed by atoms with Crippen molar-refractivity contribution in [1.82, 2.24) is 29.5 Å². The monoisotopic (exact) mass is 655 g/mol. The number of benzene rings is 1. The van der Waals surface area contributed by atoms with Gasteiger partial charge >= 0.3 is 6.01 Å². The molecule has 2 aromatic heterocycles. The Labute approximate surface area is 279 Å². The van der Waals surface area contributed by atoms with E-state index in [4.69, 9.17) is 25.2 Å². The minimum absolute atomic E-state index is 0.135. The number of amides is 1. The van der Waals surface area contributed by atoms with E-state index >= 15 is 0 Å². The van der Waals surface area contributed by atoms with Gasteiger partial charge in [-0.05, 0) is 62.8 Å². The number of nitriles is 1. The molecule has 2 fully saturated rings. The van der Waals surface area contributed by atoms with Crippen LogP contribution in [-0.4, -0.2) is 87.5 Å². The topological polar surface area (TPSA) is 139 Å². The van der Waals surface area contributed by atoms with Crippen molar-refractivity contribution in [2.75, 3.05) is 51.0 Å². The first kappa shape index (κ1) is 31.0. The van der Waals surface area contributed by atoms with E-state index in [0.717, 1.165) is 79.0 Å². The highest BCUT2D eigenvalue weighted by Gasteiger charge is 2.50. The van der Waals surface area contributed by atoms with Gasteiger partial charge in [0, 0.05) is 63.4 Å². The van der Waals surface area contributed by atoms with Crippen LogP contribution in [0.5, 0.6) is 6.01 Å². The van der Waals surface area contributed by atoms with Gasteiger partial charge in [-0.3, -0.25) is 14.4 Å². The summed E-state index contributed by atoms with van der Waals surface area (Å²) in [6.07, 6.45) is 5.30. The van der Waals surface area contributed by atoms with Crippen molar-refractivity contribution in [1.29, 1.82) is 5.26 Å². The number of aromatic nitrogens is 4. The maximum Gasteiger partial charge on any atom is 0.318 e. The van der Waals surface area contributed by atoms with E-state index in [1.165, 1.54) is 4.90 Å². The average molecular weight is 656 g/mol. The van der Waals surface area contributed by atoms with E-state index in [-0.39, 0.29) is 24.1 Å². The maximum atomic E-state index is 14.6. The van der Waals surface area contributed by atoms with Gasteiger partial charge in [-0.25, -0.2) is 4.39 Å². The Morgan fingerprint density at radius 1 is 1.21 bits per heavy atom. The number of fused-ring (bicyclic) bond motifs is 5. The van der Waals surface area contributed by atoms with E-state index in [0.29, 0.717) is 62.6 Å². The third kappa shape index (κ3) is 5.08. The van der Waals surface area contributed by atoms with E-state index in [2.05, 4.69) is 21.0 Å². The van der Waals surface area contributed by atoms with Gasteiger partial charge in [-0.1, -0.05) is 6.07 Å². The molecule has 0 radical (unpaired) electrons. The summed E-state index contributed by atoms with van der Waals surface area (Å²) in [6.45, 7) is 3.82. The molecule has 2 saturated heterocycles. The molecule has 3 aromatic rings. The lowest BCUT2D eigenvalue weighted by atomic mass is 9.72. The molecular weight excluding hydrogens is 613 g/mol. The predicted octanol–water partition coefficient (Wildman–Crippen LogP) is 3.50. The van der Waals surface area contributed by atoms with Crippen LogP contribution in [0.25, 0.3) is 0 Å². The molecule has 48 heavy (non-hydrogen) atoms. The Balaban J connectivity index is 1.18. The molecule has 12 nitrogen and oxygen atoms in total. The van der Waals surface area contributed by atoms with Crippen LogP contribution in [0.15, 0.2) is 18.2 Å². The number of nitrogen functional groups attached to an aromatic ring is 1. The van der Waals surface area contributed by atoms with E-state index in [1.54, 1.807) is 14.1 Å². The summed E-state index contributed by atoms with van der Waals surface area (Å²) >= 11 is 0. The first-order valence-electron chi connectivity index (χ1n) is 17.1. The van der Waals surface area contributed by atoms with Crippen LogP contribution < -0.4 is 15.4 Å². The number of hydrogen-bond donors (Lipinski definition) is 1. The number of ether oxygens (including phenoxy) is 2. The number of aryl methyl sites for hydroxylation is 2. The molecule has 8 rings (SSSR count). The smallest absolute Gasteiger partial charge is 0.318 e. The highest BCUT2D eigenvalue weighted by atomic mass is 19.1. The quantitative estimate of drug-likeness (QED) is 0.407. The fourth-order valence-electron chi connectivity index (χ4n) is 8.79. The summed E-state index contributed by atoms with van der Waals surface area (Å²) < 4.78 is 29.8. The number of rotatable bonds is 5. The average Bonchev–Trinajstić information content (AvgIpc) is 3.70. The summed E-state index contributed by atoms with van der Waals surface area (Å²) in [5, 5.41) is 14.8. The lowest BCUT2D eigenvalue weighted by Crippen LogP contribution is -2.44. The Bertz CT molecular complexity index is 1820. The second-order valence-corrected chi connectivity index (χ2v) is 14.3. The van der Waals surface area contributed by atoms with E-state index in [9.17, 15) is 14.4 Å². The molecular formula is C35H42FN9O3. The number of nitrogens with two attached hydrogens (primary N) is 1. The summed E-state index contributed by atoms with van der Waals surface area (Å²) in [4.78, 5) is 28.8. The van der Waals surface area contributed by atoms with Gasteiger partial charge in [0.2, 0.25) is 0 Å². The van der Waals surface area contributed by atoms with Crippen LogP contribution in [0.1, 0.15) is 82.7 Å². The van der Waals surface area contributed by atoms with Crippen molar-refractivity contribution in [2.24, 2.45) is 0 Å². The lowest BCUT2D eigenvalue weighted by molar-refractivity contribution is -0.0857. The van der Waals surface area contributed by atoms with Crippen LogP contribution >= 0.6 is 0 Å². The number of anilines is 2. The van der Waals surface area contributed by atoms with Gasteiger partial charge in [0.25, 0.3) is 5.91 Å². The number of carbonyl (C=O) groups excluding carboxylic acids is 1. The van der Waals surface area contributed by atoms with Gasteiger partial charge in [-0.15, -0.1) is 0 Å². The molecule has 252 valence electrons. The SMILES string of the molecule is CN(C)C(=O)c1cc2n(n1)CCCN(c1nc(OC[C@@]34CCCN3C[C@H](F)C4)nc3c1COC1(CCCc4ccc(N)c(C#N)c41)C3)C2. The summed E-state index contributed by atoms with van der Waals surface area (Å²) in [6, 6.07) is 8.34. The second kappa shape index (κ2) is 11.7. The zero-order chi connectivity index (χ0) is 33.2. The predicted molar refractivity (Wildman–Crippen MR) is 175 cm³/mol. The molecule has 4 aliphatic heterocycles. The van der Waals surface area contributed by atoms with E-state index in [1.807, 2.05) is 22.9 Å². The first-order valence-corrected chi connectivity index (χ1v) is 17.1. The number of halogens is 1. The molecule has 1 unspecified atom stereocenters. The highest BCUT2D eigenvalue weighted by Crippen LogP contribution is 2.48. The Hall–Kier alpha value is -4.28. The van der Waals surface area contributed by atoms with Crippen LogP contribution in [-0.2, 0) is 42.9 Å².